The van der Waals surface area contributed by atoms with Gasteiger partial charge in [0.25, 0.3) is 5.91 Å². The zero-order chi connectivity index (χ0) is 17.1. The third kappa shape index (κ3) is 4.40. The van der Waals surface area contributed by atoms with Gasteiger partial charge in [-0.3, -0.25) is 4.79 Å². The van der Waals surface area contributed by atoms with E-state index in [2.05, 4.69) is 15.3 Å². The summed E-state index contributed by atoms with van der Waals surface area (Å²) < 4.78 is 37.9. The maximum Gasteiger partial charge on any atom is 0.451 e. The van der Waals surface area contributed by atoms with Crippen LogP contribution in [0.15, 0.2) is 6.07 Å². The van der Waals surface area contributed by atoms with Crippen LogP contribution in [0.3, 0.4) is 0 Å². The number of aryl methyl sites for hydroxylation is 1. The van der Waals surface area contributed by atoms with Crippen LogP contribution in [-0.2, 0) is 11.0 Å². The first-order valence-corrected chi connectivity index (χ1v) is 6.52. The van der Waals surface area contributed by atoms with Gasteiger partial charge in [0, 0.05) is 5.69 Å². The highest BCUT2D eigenvalue weighted by molar-refractivity contribution is 5.95. The molecule has 0 bridgehead atoms. The third-order valence-corrected chi connectivity index (χ3v) is 3.11. The van der Waals surface area contributed by atoms with Crippen molar-refractivity contribution in [3.63, 3.8) is 0 Å². The van der Waals surface area contributed by atoms with E-state index < -0.39 is 35.6 Å². The number of carbonyl (C=O) groups excluding carboxylic acids is 1. The highest BCUT2D eigenvalue weighted by Crippen LogP contribution is 2.26. The average Bonchev–Trinajstić information content (AvgIpc) is 2.41. The van der Waals surface area contributed by atoms with Gasteiger partial charge in [0.05, 0.1) is 0 Å². The Morgan fingerprint density at radius 3 is 2.41 bits per heavy atom. The lowest BCUT2D eigenvalue weighted by Gasteiger charge is -2.20. The molecule has 0 saturated heterocycles. The van der Waals surface area contributed by atoms with Gasteiger partial charge < -0.3 is 10.4 Å². The molecule has 0 spiro atoms. The van der Waals surface area contributed by atoms with Gasteiger partial charge in [0.1, 0.15) is 11.7 Å². The van der Waals surface area contributed by atoms with Gasteiger partial charge in [-0.05, 0) is 18.9 Å². The summed E-state index contributed by atoms with van der Waals surface area (Å²) in [6, 6.07) is -0.137. The molecule has 22 heavy (non-hydrogen) atoms. The molecule has 1 aromatic rings. The number of aromatic nitrogens is 2. The number of hydrogen-bond acceptors (Lipinski definition) is 4. The van der Waals surface area contributed by atoms with Crippen molar-refractivity contribution in [2.75, 3.05) is 0 Å². The fraction of sp³-hybridized carbons (Fsp3) is 0.538. The standard InChI is InChI=1S/C13H16F3N3O3/c1-4-6(2)9(11(21)22)19-10(20)8-5-7(3)17-12(18-8)13(14,15)16/h5-6,9H,4H2,1-3H3,(H,19,20)(H,21,22). The predicted octanol–water partition coefficient (Wildman–Crippen LogP) is 2.03. The monoisotopic (exact) mass is 319 g/mol. The van der Waals surface area contributed by atoms with Crippen LogP contribution in [0.4, 0.5) is 13.2 Å². The van der Waals surface area contributed by atoms with E-state index in [1.54, 1.807) is 13.8 Å². The van der Waals surface area contributed by atoms with E-state index in [1.807, 2.05) is 0 Å². The number of halogens is 3. The summed E-state index contributed by atoms with van der Waals surface area (Å²) in [5.41, 5.74) is -0.558. The molecule has 0 fully saturated rings. The molecule has 1 amide bonds. The van der Waals surface area contributed by atoms with Crippen LogP contribution >= 0.6 is 0 Å². The zero-order valence-electron chi connectivity index (χ0n) is 12.2. The van der Waals surface area contributed by atoms with Gasteiger partial charge >= 0.3 is 12.1 Å². The summed E-state index contributed by atoms with van der Waals surface area (Å²) in [4.78, 5) is 29.5. The molecule has 1 aromatic heterocycles. The van der Waals surface area contributed by atoms with Gasteiger partial charge in [-0.2, -0.15) is 13.2 Å². The Kier molecular flexibility index (Phi) is 5.45. The molecule has 0 radical (unpaired) electrons. The Labute approximate surface area is 124 Å². The van der Waals surface area contributed by atoms with Crippen molar-refractivity contribution in [3.05, 3.63) is 23.3 Å². The molecule has 1 rings (SSSR count). The van der Waals surface area contributed by atoms with Gasteiger partial charge in [-0.25, -0.2) is 14.8 Å². The minimum absolute atomic E-state index is 0.0390. The SMILES string of the molecule is CCC(C)C(NC(=O)c1cc(C)nc(C(F)(F)F)n1)C(=O)O. The molecule has 0 aliphatic carbocycles. The van der Waals surface area contributed by atoms with Gasteiger partial charge in [-0.15, -0.1) is 0 Å². The Hall–Kier alpha value is -2.19. The zero-order valence-corrected chi connectivity index (χ0v) is 12.2. The molecule has 0 aromatic carbocycles. The van der Waals surface area contributed by atoms with E-state index in [0.29, 0.717) is 6.42 Å². The van der Waals surface area contributed by atoms with Crippen LogP contribution < -0.4 is 5.32 Å². The lowest BCUT2D eigenvalue weighted by atomic mass is 9.99. The summed E-state index contributed by atoms with van der Waals surface area (Å²) in [7, 11) is 0. The fourth-order valence-corrected chi connectivity index (χ4v) is 1.71. The Bertz CT molecular complexity index is 575. The van der Waals surface area contributed by atoms with Crippen LogP contribution in [0.1, 0.15) is 42.3 Å². The molecule has 2 atom stereocenters. The number of nitrogens with one attached hydrogen (secondary N) is 1. The Balaban J connectivity index is 3.07. The minimum Gasteiger partial charge on any atom is -0.480 e. The van der Waals surface area contributed by atoms with Crippen molar-refractivity contribution in [1.29, 1.82) is 0 Å². The van der Waals surface area contributed by atoms with Crippen LogP contribution in [-0.4, -0.2) is 33.0 Å². The van der Waals surface area contributed by atoms with Crippen LogP contribution in [0.2, 0.25) is 0 Å². The summed E-state index contributed by atoms with van der Waals surface area (Å²) in [6.07, 6.45) is -4.31. The predicted molar refractivity (Wildman–Crippen MR) is 70.1 cm³/mol. The van der Waals surface area contributed by atoms with E-state index in [-0.39, 0.29) is 11.6 Å². The molecule has 0 aliphatic heterocycles. The summed E-state index contributed by atoms with van der Waals surface area (Å²) in [5, 5.41) is 11.3. The lowest BCUT2D eigenvalue weighted by Crippen LogP contribution is -2.45. The maximum absolute atomic E-state index is 12.6. The fourth-order valence-electron chi connectivity index (χ4n) is 1.71. The molecule has 122 valence electrons. The first-order valence-electron chi connectivity index (χ1n) is 6.52. The van der Waals surface area contributed by atoms with Crippen LogP contribution in [0.5, 0.6) is 0 Å². The number of hydrogen-bond donors (Lipinski definition) is 2. The minimum atomic E-state index is -4.79. The molecule has 6 nitrogen and oxygen atoms in total. The lowest BCUT2D eigenvalue weighted by molar-refractivity contribution is -0.145. The first-order chi connectivity index (χ1) is 10.1. The molecular weight excluding hydrogens is 303 g/mol. The molecule has 0 aliphatic rings. The quantitative estimate of drug-likeness (QED) is 0.866. The molecule has 9 heteroatoms. The maximum atomic E-state index is 12.6. The molecular formula is C13H16F3N3O3. The molecule has 2 N–H and O–H groups in total. The number of amides is 1. The normalized spacial score (nSPS) is 14.3. The number of carboxylic acids is 1. The second-order valence-electron chi connectivity index (χ2n) is 4.89. The first kappa shape index (κ1) is 17.9. The molecule has 2 unspecified atom stereocenters. The second kappa shape index (κ2) is 6.71. The van der Waals surface area contributed by atoms with E-state index in [4.69, 9.17) is 5.11 Å². The number of carboxylic acid groups (broad SMARTS) is 1. The number of alkyl halides is 3. The topological polar surface area (TPSA) is 92.2 Å². The van der Waals surface area contributed by atoms with Gasteiger partial charge in [0.15, 0.2) is 0 Å². The largest absolute Gasteiger partial charge is 0.480 e. The number of carbonyl (C=O) groups is 2. The smallest absolute Gasteiger partial charge is 0.451 e. The van der Waals surface area contributed by atoms with E-state index in [0.717, 1.165) is 6.07 Å². The van der Waals surface area contributed by atoms with Crippen LogP contribution in [0, 0.1) is 12.8 Å². The summed E-state index contributed by atoms with van der Waals surface area (Å²) >= 11 is 0. The molecule has 0 saturated carbocycles. The van der Waals surface area contributed by atoms with Crippen molar-refractivity contribution < 1.29 is 27.9 Å². The average molecular weight is 319 g/mol. The van der Waals surface area contributed by atoms with E-state index >= 15 is 0 Å². The van der Waals surface area contributed by atoms with E-state index in [1.165, 1.54) is 6.92 Å². The Morgan fingerprint density at radius 1 is 1.36 bits per heavy atom. The van der Waals surface area contributed by atoms with Crippen LogP contribution in [0.25, 0.3) is 0 Å². The van der Waals surface area contributed by atoms with Crippen molar-refractivity contribution in [1.82, 2.24) is 15.3 Å². The number of nitrogens with zero attached hydrogens (tertiary/aromatic N) is 2. The van der Waals surface area contributed by atoms with Crippen molar-refractivity contribution in [3.8, 4) is 0 Å². The second-order valence-corrected chi connectivity index (χ2v) is 4.89. The number of aliphatic carboxylic acids is 1. The van der Waals surface area contributed by atoms with E-state index in [9.17, 15) is 22.8 Å². The third-order valence-electron chi connectivity index (χ3n) is 3.11. The highest BCUT2D eigenvalue weighted by atomic mass is 19.4. The van der Waals surface area contributed by atoms with Crippen molar-refractivity contribution in [2.45, 2.75) is 39.4 Å². The van der Waals surface area contributed by atoms with Gasteiger partial charge in [0.2, 0.25) is 5.82 Å². The highest BCUT2D eigenvalue weighted by Gasteiger charge is 2.36. The van der Waals surface area contributed by atoms with Crippen molar-refractivity contribution >= 4 is 11.9 Å². The number of rotatable bonds is 5. The summed E-state index contributed by atoms with van der Waals surface area (Å²) in [5.74, 6) is -4.06. The van der Waals surface area contributed by atoms with Crippen molar-refractivity contribution in [2.24, 2.45) is 5.92 Å². The molecule has 1 heterocycles. The summed E-state index contributed by atoms with van der Waals surface area (Å²) in [6.45, 7) is 4.64. The Morgan fingerprint density at radius 2 is 1.95 bits per heavy atom. The van der Waals surface area contributed by atoms with Gasteiger partial charge in [-0.1, -0.05) is 20.3 Å².